The highest BCUT2D eigenvalue weighted by atomic mass is 16.2. The minimum absolute atomic E-state index is 0.143. The number of aromatic nitrogens is 3. The van der Waals surface area contributed by atoms with Gasteiger partial charge in [0, 0.05) is 0 Å². The molecule has 1 aromatic rings. The van der Waals surface area contributed by atoms with Gasteiger partial charge in [0.15, 0.2) is 0 Å². The van der Waals surface area contributed by atoms with E-state index < -0.39 is 5.41 Å². The second kappa shape index (κ2) is 3.61. The Morgan fingerprint density at radius 2 is 2.33 bits per heavy atom. The number of nitriles is 1. The molecule has 1 aliphatic rings. The van der Waals surface area contributed by atoms with Crippen molar-refractivity contribution in [1.29, 1.82) is 5.26 Å². The summed E-state index contributed by atoms with van der Waals surface area (Å²) < 4.78 is 0. The molecule has 1 heterocycles. The van der Waals surface area contributed by atoms with E-state index >= 15 is 0 Å². The van der Waals surface area contributed by atoms with Gasteiger partial charge in [0.05, 0.1) is 18.5 Å². The molecule has 0 aliphatic heterocycles. The number of nitrogens with zero attached hydrogens (tertiary/aromatic N) is 4. The van der Waals surface area contributed by atoms with Gasteiger partial charge in [0.1, 0.15) is 5.41 Å². The van der Waals surface area contributed by atoms with Gasteiger partial charge in [0.2, 0.25) is 11.9 Å². The summed E-state index contributed by atoms with van der Waals surface area (Å²) in [6, 6.07) is 2.05. The maximum absolute atomic E-state index is 11.7. The van der Waals surface area contributed by atoms with Crippen molar-refractivity contribution >= 4 is 11.9 Å². The molecule has 0 saturated heterocycles. The summed E-state index contributed by atoms with van der Waals surface area (Å²) in [5.74, 6) is -0.187. The Morgan fingerprint density at radius 3 is 2.80 bits per heavy atom. The Bertz CT molecular complexity index is 406. The second-order valence-corrected chi connectivity index (χ2v) is 3.47. The van der Waals surface area contributed by atoms with Crippen molar-refractivity contribution in [2.24, 2.45) is 5.41 Å². The normalized spacial score (nSPS) is 17.3. The van der Waals surface area contributed by atoms with Gasteiger partial charge in [-0.15, -0.1) is 5.10 Å². The predicted molar refractivity (Wildman–Crippen MR) is 50.4 cm³/mol. The number of carbonyl (C=O) groups is 1. The lowest BCUT2D eigenvalue weighted by molar-refractivity contribution is -0.126. The third-order valence-corrected chi connectivity index (χ3v) is 2.56. The summed E-state index contributed by atoms with van der Waals surface area (Å²) in [6.07, 6.45) is 4.97. The molecule has 1 fully saturated rings. The van der Waals surface area contributed by atoms with Crippen LogP contribution in [0.4, 0.5) is 5.95 Å². The van der Waals surface area contributed by atoms with Crippen molar-refractivity contribution in [2.45, 2.75) is 19.3 Å². The molecule has 0 unspecified atom stereocenters. The highest BCUT2D eigenvalue weighted by molar-refractivity contribution is 5.96. The zero-order valence-corrected chi connectivity index (χ0v) is 7.97. The molecule has 76 valence electrons. The van der Waals surface area contributed by atoms with Crippen LogP contribution in [0.2, 0.25) is 0 Å². The first-order chi connectivity index (χ1) is 7.27. The van der Waals surface area contributed by atoms with Crippen LogP contribution in [0, 0.1) is 16.7 Å². The molecule has 15 heavy (non-hydrogen) atoms. The molecular weight excluding hydrogens is 194 g/mol. The predicted octanol–water partition coefficient (Wildman–Crippen LogP) is 0.504. The molecule has 0 bridgehead atoms. The van der Waals surface area contributed by atoms with Crippen molar-refractivity contribution in [2.75, 3.05) is 5.32 Å². The molecule has 2 rings (SSSR count). The number of carbonyl (C=O) groups excluding carboxylic acids is 1. The summed E-state index contributed by atoms with van der Waals surface area (Å²) >= 11 is 0. The highest BCUT2D eigenvalue weighted by Crippen LogP contribution is 2.40. The van der Waals surface area contributed by atoms with Crippen LogP contribution in [0.25, 0.3) is 0 Å². The second-order valence-electron chi connectivity index (χ2n) is 3.47. The average molecular weight is 203 g/mol. The first kappa shape index (κ1) is 9.52. The van der Waals surface area contributed by atoms with Gasteiger partial charge in [-0.25, -0.2) is 4.98 Å². The molecule has 1 aliphatic carbocycles. The van der Waals surface area contributed by atoms with Gasteiger partial charge >= 0.3 is 0 Å². The fourth-order valence-electron chi connectivity index (χ4n) is 1.45. The van der Waals surface area contributed by atoms with E-state index in [1.807, 2.05) is 6.07 Å². The van der Waals surface area contributed by atoms with E-state index in [1.165, 1.54) is 12.4 Å². The molecule has 0 spiro atoms. The van der Waals surface area contributed by atoms with Gasteiger partial charge in [-0.05, 0) is 19.3 Å². The average Bonchev–Trinajstić information content (AvgIpc) is 2.18. The van der Waals surface area contributed by atoms with Crippen LogP contribution in [-0.2, 0) is 4.79 Å². The van der Waals surface area contributed by atoms with E-state index in [2.05, 4.69) is 20.5 Å². The molecular formula is C9H9N5O. The van der Waals surface area contributed by atoms with Gasteiger partial charge in [-0.2, -0.15) is 10.4 Å². The van der Waals surface area contributed by atoms with Crippen LogP contribution in [0.3, 0.4) is 0 Å². The third kappa shape index (κ3) is 1.64. The quantitative estimate of drug-likeness (QED) is 0.755. The maximum Gasteiger partial charge on any atom is 0.249 e. The van der Waals surface area contributed by atoms with Crippen LogP contribution < -0.4 is 5.32 Å². The first-order valence-electron chi connectivity index (χ1n) is 4.63. The van der Waals surface area contributed by atoms with E-state index in [-0.39, 0.29) is 11.9 Å². The fourth-order valence-corrected chi connectivity index (χ4v) is 1.45. The number of nitrogens with one attached hydrogen (secondary N) is 1. The molecule has 1 amide bonds. The summed E-state index contributed by atoms with van der Waals surface area (Å²) in [5.41, 5.74) is -0.876. The summed E-state index contributed by atoms with van der Waals surface area (Å²) in [6.45, 7) is 0. The number of hydrogen-bond acceptors (Lipinski definition) is 5. The van der Waals surface area contributed by atoms with Gasteiger partial charge < -0.3 is 0 Å². The summed E-state index contributed by atoms with van der Waals surface area (Å²) in [7, 11) is 0. The Hall–Kier alpha value is -2.03. The fraction of sp³-hybridized carbons (Fsp3) is 0.444. The topological polar surface area (TPSA) is 91.6 Å². The lowest BCUT2D eigenvalue weighted by Gasteiger charge is -2.32. The first-order valence-corrected chi connectivity index (χ1v) is 4.63. The lowest BCUT2D eigenvalue weighted by Crippen LogP contribution is -2.41. The zero-order valence-electron chi connectivity index (χ0n) is 7.97. The van der Waals surface area contributed by atoms with Crippen LogP contribution in [0.1, 0.15) is 19.3 Å². The SMILES string of the molecule is N#CC1(C(=O)Nc2nccnn2)CCC1. The molecule has 6 heteroatoms. The van der Waals surface area contributed by atoms with Crippen molar-refractivity contribution in [3.8, 4) is 6.07 Å². The molecule has 1 aromatic heterocycles. The Labute approximate surface area is 86.3 Å². The molecule has 1 saturated carbocycles. The molecule has 6 nitrogen and oxygen atoms in total. The van der Waals surface area contributed by atoms with Crippen LogP contribution >= 0.6 is 0 Å². The molecule has 1 N–H and O–H groups in total. The van der Waals surface area contributed by atoms with Crippen LogP contribution in [-0.4, -0.2) is 21.1 Å². The number of anilines is 1. The Morgan fingerprint density at radius 1 is 1.53 bits per heavy atom. The Balaban J connectivity index is 2.08. The zero-order chi connectivity index (χ0) is 10.7. The minimum Gasteiger partial charge on any atom is -0.292 e. The molecule has 0 atom stereocenters. The van der Waals surface area contributed by atoms with Crippen LogP contribution in [0.5, 0.6) is 0 Å². The van der Waals surface area contributed by atoms with Gasteiger partial charge in [-0.1, -0.05) is 0 Å². The van der Waals surface area contributed by atoms with Crippen LogP contribution in [0.15, 0.2) is 12.4 Å². The smallest absolute Gasteiger partial charge is 0.249 e. The van der Waals surface area contributed by atoms with Gasteiger partial charge in [0.25, 0.3) is 0 Å². The maximum atomic E-state index is 11.7. The van der Waals surface area contributed by atoms with Crippen molar-refractivity contribution in [3.05, 3.63) is 12.4 Å². The van der Waals surface area contributed by atoms with E-state index in [1.54, 1.807) is 0 Å². The molecule has 0 radical (unpaired) electrons. The minimum atomic E-state index is -0.876. The van der Waals surface area contributed by atoms with Crippen molar-refractivity contribution in [3.63, 3.8) is 0 Å². The Kier molecular flexibility index (Phi) is 2.29. The van der Waals surface area contributed by atoms with E-state index in [0.717, 1.165) is 6.42 Å². The summed E-state index contributed by atoms with van der Waals surface area (Å²) in [4.78, 5) is 15.5. The van der Waals surface area contributed by atoms with Gasteiger partial charge in [-0.3, -0.25) is 10.1 Å². The standard InChI is InChI=1S/C9H9N5O/c10-6-9(2-1-3-9)7(15)13-8-11-4-5-12-14-8/h4-5H,1-3H2,(H,11,13,14,15). The van der Waals surface area contributed by atoms with Crippen molar-refractivity contribution < 1.29 is 4.79 Å². The van der Waals surface area contributed by atoms with Crippen molar-refractivity contribution in [1.82, 2.24) is 15.2 Å². The lowest BCUT2D eigenvalue weighted by atomic mass is 9.69. The molecule has 0 aromatic carbocycles. The summed E-state index contributed by atoms with van der Waals surface area (Å²) in [5, 5.41) is 18.6. The largest absolute Gasteiger partial charge is 0.292 e. The third-order valence-electron chi connectivity index (χ3n) is 2.56. The monoisotopic (exact) mass is 203 g/mol. The number of amides is 1. The number of hydrogen-bond donors (Lipinski definition) is 1. The van der Waals surface area contributed by atoms with E-state index in [9.17, 15) is 4.79 Å². The highest BCUT2D eigenvalue weighted by Gasteiger charge is 2.44. The number of rotatable bonds is 2. The van der Waals surface area contributed by atoms with E-state index in [4.69, 9.17) is 5.26 Å². The van der Waals surface area contributed by atoms with E-state index in [0.29, 0.717) is 12.8 Å².